The van der Waals surface area contributed by atoms with Gasteiger partial charge in [0.15, 0.2) is 22.5 Å². The highest BCUT2D eigenvalue weighted by Crippen LogP contribution is 2.26. The summed E-state index contributed by atoms with van der Waals surface area (Å²) in [4.78, 5) is 0. The molecular weight excluding hydrogens is 436 g/mol. The molecule has 0 saturated carbocycles. The molecule has 0 radical (unpaired) electrons. The molecule has 0 spiro atoms. The number of hydrogen-bond donors (Lipinski definition) is 0. The Balaban J connectivity index is 1.73. The summed E-state index contributed by atoms with van der Waals surface area (Å²) < 4.78 is 35.8. The van der Waals surface area contributed by atoms with Gasteiger partial charge >= 0.3 is 0 Å². The Morgan fingerprint density at radius 2 is 1.96 bits per heavy atom. The molecule has 140 valence electrons. The van der Waals surface area contributed by atoms with Crippen molar-refractivity contribution in [3.05, 3.63) is 82.6 Å². The second-order valence-electron chi connectivity index (χ2n) is 5.54. The highest BCUT2D eigenvalue weighted by atomic mass is 79.9. The Hall–Kier alpha value is -2.19. The SMILES string of the molecule is C=CCn1c(COc2ccccc2F)nnc1SCc1cc(Br)ccc1F. The Labute approximate surface area is 168 Å². The minimum absolute atomic E-state index is 0.0631. The minimum Gasteiger partial charge on any atom is -0.483 e. The second-order valence-corrected chi connectivity index (χ2v) is 7.40. The number of allylic oxidation sites excluding steroid dienone is 1. The fourth-order valence-electron chi connectivity index (χ4n) is 2.35. The molecule has 0 bridgehead atoms. The molecule has 1 aromatic heterocycles. The molecule has 8 heteroatoms. The predicted molar refractivity (Wildman–Crippen MR) is 105 cm³/mol. The number of aromatic nitrogens is 3. The van der Waals surface area contributed by atoms with Crippen LogP contribution in [0.3, 0.4) is 0 Å². The minimum atomic E-state index is -0.438. The summed E-state index contributed by atoms with van der Waals surface area (Å²) in [6.45, 7) is 4.27. The van der Waals surface area contributed by atoms with Crippen molar-refractivity contribution in [2.24, 2.45) is 0 Å². The number of hydrogen-bond acceptors (Lipinski definition) is 4. The van der Waals surface area contributed by atoms with Crippen molar-refractivity contribution in [1.82, 2.24) is 14.8 Å². The van der Waals surface area contributed by atoms with Crippen molar-refractivity contribution in [2.45, 2.75) is 24.1 Å². The molecule has 4 nitrogen and oxygen atoms in total. The fourth-order valence-corrected chi connectivity index (χ4v) is 3.69. The molecule has 0 amide bonds. The normalized spacial score (nSPS) is 10.8. The van der Waals surface area contributed by atoms with Crippen LogP contribution in [-0.4, -0.2) is 14.8 Å². The average Bonchev–Trinajstić information content (AvgIpc) is 3.04. The standard InChI is InChI=1S/C19H16BrF2N3OS/c1-2-9-25-18(11-26-17-6-4-3-5-16(17)22)23-24-19(25)27-12-13-10-14(20)7-8-15(13)21/h2-8,10H,1,9,11-12H2. The van der Waals surface area contributed by atoms with Gasteiger partial charge in [-0.3, -0.25) is 4.57 Å². The molecule has 1 heterocycles. The van der Waals surface area contributed by atoms with Crippen LogP contribution >= 0.6 is 27.7 Å². The van der Waals surface area contributed by atoms with Crippen LogP contribution in [-0.2, 0) is 18.9 Å². The molecule has 0 fully saturated rings. The molecule has 0 aliphatic heterocycles. The molecular formula is C19H16BrF2N3OS. The van der Waals surface area contributed by atoms with Gasteiger partial charge in [0.25, 0.3) is 0 Å². The van der Waals surface area contributed by atoms with E-state index in [0.717, 1.165) is 4.47 Å². The topological polar surface area (TPSA) is 39.9 Å². The van der Waals surface area contributed by atoms with Gasteiger partial charge in [-0.1, -0.05) is 45.9 Å². The van der Waals surface area contributed by atoms with Gasteiger partial charge < -0.3 is 4.74 Å². The van der Waals surface area contributed by atoms with Crippen molar-refractivity contribution in [1.29, 1.82) is 0 Å². The zero-order valence-corrected chi connectivity index (χ0v) is 16.6. The van der Waals surface area contributed by atoms with Crippen molar-refractivity contribution in [3.8, 4) is 5.75 Å². The van der Waals surface area contributed by atoms with Gasteiger partial charge in [-0.25, -0.2) is 8.78 Å². The summed E-state index contributed by atoms with van der Waals surface area (Å²) >= 11 is 4.70. The van der Waals surface area contributed by atoms with Crippen LogP contribution < -0.4 is 4.74 Å². The molecule has 2 aromatic carbocycles. The third kappa shape index (κ3) is 4.95. The first-order valence-electron chi connectivity index (χ1n) is 8.05. The molecule has 3 rings (SSSR count). The first kappa shape index (κ1) is 19.6. The summed E-state index contributed by atoms with van der Waals surface area (Å²) in [7, 11) is 0. The smallest absolute Gasteiger partial charge is 0.191 e. The van der Waals surface area contributed by atoms with Gasteiger partial charge in [0.1, 0.15) is 12.4 Å². The van der Waals surface area contributed by atoms with Crippen LogP contribution in [0.25, 0.3) is 0 Å². The number of halogens is 3. The van der Waals surface area contributed by atoms with Gasteiger partial charge in [0.05, 0.1) is 0 Å². The molecule has 27 heavy (non-hydrogen) atoms. The Morgan fingerprint density at radius 3 is 2.74 bits per heavy atom. The van der Waals surface area contributed by atoms with Crippen LogP contribution in [0.1, 0.15) is 11.4 Å². The lowest BCUT2D eigenvalue weighted by Crippen LogP contribution is -2.08. The average molecular weight is 452 g/mol. The van der Waals surface area contributed by atoms with Crippen LogP contribution in [0.4, 0.5) is 8.78 Å². The van der Waals surface area contributed by atoms with E-state index in [1.54, 1.807) is 36.4 Å². The first-order valence-corrected chi connectivity index (χ1v) is 9.83. The molecule has 0 N–H and O–H groups in total. The van der Waals surface area contributed by atoms with E-state index < -0.39 is 5.82 Å². The summed E-state index contributed by atoms with van der Waals surface area (Å²) in [6, 6.07) is 11.0. The van der Waals surface area contributed by atoms with E-state index in [1.165, 1.54) is 23.9 Å². The van der Waals surface area contributed by atoms with Crippen LogP contribution in [0, 0.1) is 11.6 Å². The number of benzene rings is 2. The predicted octanol–water partition coefficient (Wildman–Crippen LogP) is 5.38. The summed E-state index contributed by atoms with van der Waals surface area (Å²) in [6.07, 6.45) is 1.71. The van der Waals surface area contributed by atoms with Crippen molar-refractivity contribution < 1.29 is 13.5 Å². The largest absolute Gasteiger partial charge is 0.483 e. The Morgan fingerprint density at radius 1 is 1.15 bits per heavy atom. The van der Waals surface area contributed by atoms with E-state index in [2.05, 4.69) is 32.7 Å². The highest BCUT2D eigenvalue weighted by molar-refractivity contribution is 9.10. The lowest BCUT2D eigenvalue weighted by atomic mass is 10.2. The maximum Gasteiger partial charge on any atom is 0.191 e. The number of nitrogens with zero attached hydrogens (tertiary/aromatic N) is 3. The molecule has 0 aliphatic carbocycles. The zero-order valence-electron chi connectivity index (χ0n) is 14.2. The highest BCUT2D eigenvalue weighted by Gasteiger charge is 2.14. The van der Waals surface area contributed by atoms with Crippen molar-refractivity contribution in [3.63, 3.8) is 0 Å². The van der Waals surface area contributed by atoms with Crippen LogP contribution in [0.5, 0.6) is 5.75 Å². The van der Waals surface area contributed by atoms with E-state index in [9.17, 15) is 8.78 Å². The number of ether oxygens (including phenoxy) is 1. The van der Waals surface area contributed by atoms with Crippen LogP contribution in [0.2, 0.25) is 0 Å². The number of para-hydroxylation sites is 1. The lowest BCUT2D eigenvalue weighted by molar-refractivity contribution is 0.275. The summed E-state index contributed by atoms with van der Waals surface area (Å²) in [5.41, 5.74) is 0.562. The molecule has 0 atom stereocenters. The van der Waals surface area contributed by atoms with Gasteiger partial charge in [-0.15, -0.1) is 16.8 Å². The van der Waals surface area contributed by atoms with Gasteiger partial charge in [0.2, 0.25) is 0 Å². The molecule has 0 aliphatic rings. The third-order valence-electron chi connectivity index (χ3n) is 3.66. The molecule has 0 unspecified atom stereocenters. The summed E-state index contributed by atoms with van der Waals surface area (Å²) in [5, 5.41) is 8.89. The number of rotatable bonds is 8. The number of thioether (sulfide) groups is 1. The van der Waals surface area contributed by atoms with E-state index in [0.29, 0.717) is 28.8 Å². The monoisotopic (exact) mass is 451 g/mol. The van der Waals surface area contributed by atoms with Gasteiger partial charge in [-0.2, -0.15) is 0 Å². The van der Waals surface area contributed by atoms with E-state index in [1.807, 2.05) is 4.57 Å². The van der Waals surface area contributed by atoms with Gasteiger partial charge in [0, 0.05) is 16.8 Å². The maximum atomic E-state index is 13.9. The maximum absolute atomic E-state index is 13.9. The van der Waals surface area contributed by atoms with Crippen LogP contribution in [0.15, 0.2) is 64.7 Å². The lowest BCUT2D eigenvalue weighted by Gasteiger charge is -2.10. The van der Waals surface area contributed by atoms with E-state index in [4.69, 9.17) is 4.74 Å². The fraction of sp³-hybridized carbons (Fsp3) is 0.158. The first-order chi connectivity index (χ1) is 13.1. The van der Waals surface area contributed by atoms with Gasteiger partial charge in [-0.05, 0) is 35.9 Å². The molecule has 3 aromatic rings. The van der Waals surface area contributed by atoms with E-state index >= 15 is 0 Å². The van der Waals surface area contributed by atoms with Crippen molar-refractivity contribution in [2.75, 3.05) is 0 Å². The summed E-state index contributed by atoms with van der Waals surface area (Å²) in [5.74, 6) is 0.372. The zero-order chi connectivity index (χ0) is 19.2. The van der Waals surface area contributed by atoms with E-state index in [-0.39, 0.29) is 18.2 Å². The second kappa shape index (κ2) is 9.14. The Kier molecular flexibility index (Phi) is 6.63. The Bertz CT molecular complexity index is 948. The van der Waals surface area contributed by atoms with Crippen molar-refractivity contribution >= 4 is 27.7 Å². The third-order valence-corrected chi connectivity index (χ3v) is 5.17. The quantitative estimate of drug-likeness (QED) is 0.340. The molecule has 0 saturated heterocycles.